The van der Waals surface area contributed by atoms with Crippen LogP contribution in [0.25, 0.3) is 5.65 Å². The number of anilines is 1. The first-order valence-electron chi connectivity index (χ1n) is 9.20. The van der Waals surface area contributed by atoms with Gasteiger partial charge in [0.25, 0.3) is 5.91 Å². The summed E-state index contributed by atoms with van der Waals surface area (Å²) in [6.07, 6.45) is 8.97. The Bertz CT molecular complexity index is 1030. The number of hydrogen-bond acceptors (Lipinski definition) is 5. The lowest BCUT2D eigenvalue weighted by Crippen LogP contribution is -2.33. The molecule has 1 amide bonds. The van der Waals surface area contributed by atoms with E-state index in [0.717, 1.165) is 29.9 Å². The normalized spacial score (nSPS) is 16.9. The Hall–Kier alpha value is -2.67. The average molecular weight is 383 g/mol. The standard InChI is InChI=1S/C19H19ClN6O/c20-12-1-4-17-24-16(10-26(17)9-12)19(27)25-7-5-14-15(6-8-25)21-11-22-18(14)23-13-2-3-13/h1,4,9-11,13H,2-3,5-8H2,(H,21,22,23). The van der Waals surface area contributed by atoms with Crippen LogP contribution in [0.4, 0.5) is 5.82 Å². The predicted molar refractivity (Wildman–Crippen MR) is 102 cm³/mol. The number of amides is 1. The second-order valence-corrected chi connectivity index (χ2v) is 7.53. The Kier molecular flexibility index (Phi) is 3.97. The van der Waals surface area contributed by atoms with Gasteiger partial charge in [0.2, 0.25) is 0 Å². The van der Waals surface area contributed by atoms with Crippen molar-refractivity contribution in [1.29, 1.82) is 0 Å². The van der Waals surface area contributed by atoms with Crippen LogP contribution >= 0.6 is 11.6 Å². The predicted octanol–water partition coefficient (Wildman–Crippen LogP) is 2.59. The van der Waals surface area contributed by atoms with Gasteiger partial charge in [-0.05, 0) is 31.4 Å². The molecule has 1 aliphatic heterocycles. The monoisotopic (exact) mass is 382 g/mol. The second-order valence-electron chi connectivity index (χ2n) is 7.10. The third-order valence-electron chi connectivity index (χ3n) is 5.12. The third-order valence-corrected chi connectivity index (χ3v) is 5.35. The van der Waals surface area contributed by atoms with Gasteiger partial charge in [0.1, 0.15) is 23.5 Å². The van der Waals surface area contributed by atoms with Crippen molar-refractivity contribution >= 4 is 29.0 Å². The number of halogens is 1. The van der Waals surface area contributed by atoms with Crippen molar-refractivity contribution in [2.75, 3.05) is 18.4 Å². The van der Waals surface area contributed by atoms with Crippen LogP contribution in [0.1, 0.15) is 34.6 Å². The second kappa shape index (κ2) is 6.49. The number of fused-ring (bicyclic) bond motifs is 2. The van der Waals surface area contributed by atoms with E-state index in [1.807, 2.05) is 11.0 Å². The number of aromatic nitrogens is 4. The molecule has 1 fully saturated rings. The lowest BCUT2D eigenvalue weighted by Gasteiger charge is -2.18. The highest BCUT2D eigenvalue weighted by molar-refractivity contribution is 6.30. The molecule has 138 valence electrons. The van der Waals surface area contributed by atoms with E-state index in [2.05, 4.69) is 20.3 Å². The van der Waals surface area contributed by atoms with Gasteiger partial charge in [-0.25, -0.2) is 15.0 Å². The zero-order chi connectivity index (χ0) is 18.4. The fraction of sp³-hybridized carbons (Fsp3) is 0.368. The van der Waals surface area contributed by atoms with Crippen LogP contribution in [0.15, 0.2) is 30.9 Å². The molecule has 1 aliphatic carbocycles. The summed E-state index contributed by atoms with van der Waals surface area (Å²) < 4.78 is 1.78. The summed E-state index contributed by atoms with van der Waals surface area (Å²) in [5, 5.41) is 4.10. The molecule has 0 saturated heterocycles. The topological polar surface area (TPSA) is 75.4 Å². The van der Waals surface area contributed by atoms with Crippen LogP contribution in [-0.2, 0) is 12.8 Å². The van der Waals surface area contributed by atoms with Crippen molar-refractivity contribution in [1.82, 2.24) is 24.3 Å². The van der Waals surface area contributed by atoms with E-state index in [9.17, 15) is 4.79 Å². The van der Waals surface area contributed by atoms with Crippen molar-refractivity contribution < 1.29 is 4.79 Å². The van der Waals surface area contributed by atoms with Gasteiger partial charge in [-0.3, -0.25) is 4.79 Å². The average Bonchev–Trinajstić information content (AvgIpc) is 3.42. The smallest absolute Gasteiger partial charge is 0.274 e. The van der Waals surface area contributed by atoms with Crippen LogP contribution in [-0.4, -0.2) is 49.3 Å². The van der Waals surface area contributed by atoms with E-state index in [-0.39, 0.29) is 5.91 Å². The summed E-state index contributed by atoms with van der Waals surface area (Å²) in [6.45, 7) is 1.26. The zero-order valence-electron chi connectivity index (χ0n) is 14.7. The van der Waals surface area contributed by atoms with Crippen molar-refractivity contribution in [2.24, 2.45) is 0 Å². The van der Waals surface area contributed by atoms with Crippen molar-refractivity contribution in [2.45, 2.75) is 31.7 Å². The van der Waals surface area contributed by atoms with Crippen LogP contribution in [0.5, 0.6) is 0 Å². The minimum Gasteiger partial charge on any atom is -0.367 e. The Labute approximate surface area is 161 Å². The van der Waals surface area contributed by atoms with Crippen LogP contribution in [0.2, 0.25) is 5.02 Å². The van der Waals surface area contributed by atoms with E-state index in [0.29, 0.717) is 35.5 Å². The minimum atomic E-state index is -0.0627. The van der Waals surface area contributed by atoms with Crippen LogP contribution in [0, 0.1) is 0 Å². The maximum atomic E-state index is 13.0. The lowest BCUT2D eigenvalue weighted by molar-refractivity contribution is 0.0757. The highest BCUT2D eigenvalue weighted by Gasteiger charge is 2.27. The summed E-state index contributed by atoms with van der Waals surface area (Å²) in [5.74, 6) is 0.867. The van der Waals surface area contributed by atoms with Crippen LogP contribution in [0.3, 0.4) is 0 Å². The first-order valence-corrected chi connectivity index (χ1v) is 9.58. The molecule has 5 rings (SSSR count). The molecule has 0 spiro atoms. The van der Waals surface area contributed by atoms with Crippen molar-refractivity contribution in [3.63, 3.8) is 0 Å². The maximum Gasteiger partial charge on any atom is 0.274 e. The van der Waals surface area contributed by atoms with E-state index < -0.39 is 0 Å². The van der Waals surface area contributed by atoms with E-state index in [1.54, 1.807) is 29.2 Å². The van der Waals surface area contributed by atoms with Gasteiger partial charge >= 0.3 is 0 Å². The SMILES string of the molecule is O=C(c1cn2cc(Cl)ccc2n1)N1CCc2ncnc(NC3CC3)c2CC1. The Morgan fingerprint density at radius 1 is 1.15 bits per heavy atom. The largest absolute Gasteiger partial charge is 0.367 e. The molecule has 8 heteroatoms. The molecule has 0 unspecified atom stereocenters. The van der Waals surface area contributed by atoms with Crippen molar-refractivity contribution in [3.05, 3.63) is 52.8 Å². The molecule has 27 heavy (non-hydrogen) atoms. The fourth-order valence-corrected chi connectivity index (χ4v) is 3.67. The zero-order valence-corrected chi connectivity index (χ0v) is 15.5. The molecule has 3 aromatic heterocycles. The van der Waals surface area contributed by atoms with Crippen molar-refractivity contribution in [3.8, 4) is 0 Å². The van der Waals surface area contributed by atoms with E-state index in [1.165, 1.54) is 12.8 Å². The summed E-state index contributed by atoms with van der Waals surface area (Å²) in [4.78, 5) is 28.2. The Morgan fingerprint density at radius 3 is 2.85 bits per heavy atom. The Balaban J connectivity index is 1.37. The molecule has 1 saturated carbocycles. The van der Waals surface area contributed by atoms with Gasteiger partial charge in [0, 0.05) is 43.5 Å². The fourth-order valence-electron chi connectivity index (χ4n) is 3.50. The number of nitrogens with one attached hydrogen (secondary N) is 1. The molecular formula is C19H19ClN6O. The number of pyridine rings is 1. The maximum absolute atomic E-state index is 13.0. The highest BCUT2D eigenvalue weighted by Crippen LogP contribution is 2.28. The molecule has 4 heterocycles. The summed E-state index contributed by atoms with van der Waals surface area (Å²) in [7, 11) is 0. The molecule has 0 radical (unpaired) electrons. The molecular weight excluding hydrogens is 364 g/mol. The quantitative estimate of drug-likeness (QED) is 0.753. The highest BCUT2D eigenvalue weighted by atomic mass is 35.5. The van der Waals surface area contributed by atoms with Gasteiger partial charge in [0.15, 0.2) is 0 Å². The van der Waals surface area contributed by atoms with Gasteiger partial charge < -0.3 is 14.6 Å². The lowest BCUT2D eigenvalue weighted by atomic mass is 10.1. The number of imidazole rings is 1. The third kappa shape index (κ3) is 3.23. The molecule has 2 aliphatic rings. The molecule has 1 N–H and O–H groups in total. The molecule has 7 nitrogen and oxygen atoms in total. The summed E-state index contributed by atoms with van der Waals surface area (Å²) in [6, 6.07) is 4.12. The number of nitrogens with zero attached hydrogens (tertiary/aromatic N) is 5. The number of rotatable bonds is 3. The van der Waals surface area contributed by atoms with Gasteiger partial charge in [0.05, 0.1) is 10.7 Å². The van der Waals surface area contributed by atoms with E-state index >= 15 is 0 Å². The molecule has 3 aromatic rings. The summed E-state index contributed by atoms with van der Waals surface area (Å²) >= 11 is 6.02. The minimum absolute atomic E-state index is 0.0627. The Morgan fingerprint density at radius 2 is 2.00 bits per heavy atom. The first kappa shape index (κ1) is 16.5. The first-order chi connectivity index (χ1) is 13.2. The number of hydrogen-bond donors (Lipinski definition) is 1. The van der Waals surface area contributed by atoms with Gasteiger partial charge in [-0.1, -0.05) is 11.6 Å². The van der Waals surface area contributed by atoms with Gasteiger partial charge in [-0.15, -0.1) is 0 Å². The number of carbonyl (C=O) groups excluding carboxylic acids is 1. The molecule has 0 bridgehead atoms. The molecule has 0 atom stereocenters. The molecule has 0 aromatic carbocycles. The van der Waals surface area contributed by atoms with E-state index in [4.69, 9.17) is 11.6 Å². The number of carbonyl (C=O) groups is 1. The van der Waals surface area contributed by atoms with Crippen LogP contribution < -0.4 is 5.32 Å². The van der Waals surface area contributed by atoms with Gasteiger partial charge in [-0.2, -0.15) is 0 Å². The summed E-state index contributed by atoms with van der Waals surface area (Å²) in [5.41, 5.74) is 3.32.